The number of ether oxygens (including phenoxy) is 1. The fourth-order valence-electron chi connectivity index (χ4n) is 5.50. The van der Waals surface area contributed by atoms with Crippen molar-refractivity contribution in [3.63, 3.8) is 0 Å². The van der Waals surface area contributed by atoms with E-state index in [1.807, 2.05) is 81.4 Å². The molecule has 0 bridgehead atoms. The lowest BCUT2D eigenvalue weighted by atomic mass is 10.0. The van der Waals surface area contributed by atoms with Crippen molar-refractivity contribution in [1.82, 2.24) is 10.2 Å². The highest BCUT2D eigenvalue weighted by atomic mass is 35.5. The Balaban J connectivity index is 1.58. The van der Waals surface area contributed by atoms with E-state index in [2.05, 4.69) is 5.32 Å². The first-order valence-corrected chi connectivity index (χ1v) is 19.1. The predicted octanol–water partition coefficient (Wildman–Crippen LogP) is 8.70. The fraction of sp³-hybridized carbons (Fsp3) is 0.220. The number of hydrogen-bond acceptors (Lipinski definition) is 5. The van der Waals surface area contributed by atoms with Crippen LogP contribution < -0.4 is 14.4 Å². The zero-order chi connectivity index (χ0) is 37.3. The second kappa shape index (κ2) is 17.6. The van der Waals surface area contributed by atoms with Gasteiger partial charge in [-0.1, -0.05) is 109 Å². The lowest BCUT2D eigenvalue weighted by Crippen LogP contribution is -2.53. The van der Waals surface area contributed by atoms with E-state index in [1.54, 1.807) is 54.6 Å². The molecule has 52 heavy (non-hydrogen) atoms. The van der Waals surface area contributed by atoms with Crippen LogP contribution in [0.2, 0.25) is 10.0 Å². The summed E-state index contributed by atoms with van der Waals surface area (Å²) in [6.45, 7) is 5.42. The van der Waals surface area contributed by atoms with Crippen LogP contribution in [0.15, 0.2) is 132 Å². The number of aryl methyl sites for hydroxylation is 1. The van der Waals surface area contributed by atoms with Crippen molar-refractivity contribution in [2.75, 3.05) is 17.4 Å². The lowest BCUT2D eigenvalue weighted by Gasteiger charge is -2.34. The van der Waals surface area contributed by atoms with Crippen molar-refractivity contribution in [1.29, 1.82) is 0 Å². The Morgan fingerprint density at radius 1 is 0.750 bits per heavy atom. The Bertz CT molecular complexity index is 2040. The maximum absolute atomic E-state index is 14.8. The van der Waals surface area contributed by atoms with Crippen molar-refractivity contribution in [2.45, 2.75) is 44.7 Å². The van der Waals surface area contributed by atoms with Gasteiger partial charge < -0.3 is 15.0 Å². The Morgan fingerprint density at radius 2 is 1.33 bits per heavy atom. The number of halogens is 2. The summed E-state index contributed by atoms with van der Waals surface area (Å²) in [6, 6.07) is 35.4. The van der Waals surface area contributed by atoms with Gasteiger partial charge in [0.2, 0.25) is 11.8 Å². The molecule has 0 radical (unpaired) electrons. The quantitative estimate of drug-likeness (QED) is 0.115. The molecule has 0 aliphatic carbocycles. The second-order valence-electron chi connectivity index (χ2n) is 12.8. The Hall–Kier alpha value is -4.83. The summed E-state index contributed by atoms with van der Waals surface area (Å²) in [5.74, 6) is 0.228. The normalized spacial score (nSPS) is 11.9. The molecule has 0 aliphatic rings. The van der Waals surface area contributed by atoms with Gasteiger partial charge in [-0.2, -0.15) is 0 Å². The van der Waals surface area contributed by atoms with Crippen LogP contribution >= 0.6 is 23.2 Å². The summed E-state index contributed by atoms with van der Waals surface area (Å²) >= 11 is 13.2. The molecule has 1 unspecified atom stereocenters. The molecule has 11 heteroatoms. The zero-order valence-corrected chi connectivity index (χ0v) is 31.5. The second-order valence-corrected chi connectivity index (χ2v) is 15.5. The number of carbonyl (C=O) groups is 2. The summed E-state index contributed by atoms with van der Waals surface area (Å²) in [4.78, 5) is 30.2. The summed E-state index contributed by atoms with van der Waals surface area (Å²) in [7, 11) is -4.29. The molecule has 2 amide bonds. The van der Waals surface area contributed by atoms with E-state index in [-0.39, 0.29) is 35.4 Å². The maximum atomic E-state index is 14.8. The van der Waals surface area contributed by atoms with Crippen molar-refractivity contribution in [3.05, 3.63) is 154 Å². The third-order valence-electron chi connectivity index (χ3n) is 8.34. The molecule has 0 spiro atoms. The molecule has 1 atom stereocenters. The van der Waals surface area contributed by atoms with Gasteiger partial charge in [0.1, 0.15) is 24.1 Å². The first-order valence-electron chi connectivity index (χ1n) is 16.9. The number of benzene rings is 5. The minimum absolute atomic E-state index is 0.00622. The molecule has 0 fully saturated rings. The van der Waals surface area contributed by atoms with Crippen LogP contribution in [0.5, 0.6) is 11.5 Å². The van der Waals surface area contributed by atoms with Gasteiger partial charge in [0.25, 0.3) is 10.0 Å². The highest BCUT2D eigenvalue weighted by Crippen LogP contribution is 2.31. The van der Waals surface area contributed by atoms with Crippen LogP contribution in [-0.4, -0.2) is 44.3 Å². The average Bonchev–Trinajstić information content (AvgIpc) is 3.13. The van der Waals surface area contributed by atoms with E-state index in [4.69, 9.17) is 27.9 Å². The minimum Gasteiger partial charge on any atom is -0.457 e. The molecule has 0 saturated heterocycles. The van der Waals surface area contributed by atoms with E-state index < -0.39 is 28.5 Å². The third-order valence-corrected chi connectivity index (χ3v) is 10.8. The number of hydrogen-bond donors (Lipinski definition) is 1. The van der Waals surface area contributed by atoms with Crippen LogP contribution in [0.3, 0.4) is 0 Å². The Labute approximate surface area is 316 Å². The van der Waals surface area contributed by atoms with E-state index >= 15 is 0 Å². The third kappa shape index (κ3) is 9.94. The SMILES string of the molecule is Cc1ccc(S(=O)(=O)N(CC(=O)N(Cc2c(Cl)cccc2Cl)C(Cc2ccccc2)C(=O)NCC(C)C)c2ccc(Oc3ccccc3)cc2)cc1. The number of anilines is 1. The molecule has 8 nitrogen and oxygen atoms in total. The minimum atomic E-state index is -4.29. The number of sulfonamides is 1. The molecule has 0 heterocycles. The van der Waals surface area contributed by atoms with Crippen molar-refractivity contribution < 1.29 is 22.7 Å². The van der Waals surface area contributed by atoms with Crippen molar-refractivity contribution >= 4 is 50.7 Å². The zero-order valence-electron chi connectivity index (χ0n) is 29.2. The van der Waals surface area contributed by atoms with E-state index in [1.165, 1.54) is 17.0 Å². The molecule has 0 aliphatic heterocycles. The van der Waals surface area contributed by atoms with Crippen LogP contribution in [0.4, 0.5) is 5.69 Å². The number of carbonyl (C=O) groups excluding carboxylic acids is 2. The van der Waals surface area contributed by atoms with Crippen LogP contribution in [0.1, 0.15) is 30.5 Å². The molecular weight excluding hydrogens is 717 g/mol. The average molecular weight is 759 g/mol. The van der Waals surface area contributed by atoms with Gasteiger partial charge in [-0.15, -0.1) is 0 Å². The lowest BCUT2D eigenvalue weighted by molar-refractivity contribution is -0.140. The number of rotatable bonds is 15. The topological polar surface area (TPSA) is 96.0 Å². The van der Waals surface area contributed by atoms with E-state index in [0.29, 0.717) is 33.7 Å². The number of para-hydroxylation sites is 1. The highest BCUT2D eigenvalue weighted by molar-refractivity contribution is 7.92. The standard InChI is InChI=1S/C41H41Cl2N3O5S/c1-29(2)26-44-41(48)39(25-31-11-6-4-7-12-31)45(27-36-37(42)15-10-16-38(36)43)40(47)28-46(52(49,50)35-23-17-30(3)18-24-35)32-19-21-34(22-20-32)51-33-13-8-5-9-14-33/h4-24,29,39H,25-28H2,1-3H3,(H,44,48). The fourth-order valence-corrected chi connectivity index (χ4v) is 7.43. The Morgan fingerprint density at radius 3 is 1.92 bits per heavy atom. The smallest absolute Gasteiger partial charge is 0.264 e. The van der Waals surface area contributed by atoms with Crippen molar-refractivity contribution in [3.8, 4) is 11.5 Å². The molecule has 5 rings (SSSR count). The van der Waals surface area contributed by atoms with Gasteiger partial charge in [0.15, 0.2) is 0 Å². The van der Waals surface area contributed by atoms with Gasteiger partial charge in [0.05, 0.1) is 10.6 Å². The van der Waals surface area contributed by atoms with Crippen LogP contribution in [-0.2, 0) is 32.6 Å². The molecule has 0 aromatic heterocycles. The summed E-state index contributed by atoms with van der Waals surface area (Å²) in [5.41, 5.74) is 2.36. The first-order chi connectivity index (χ1) is 24.9. The monoisotopic (exact) mass is 757 g/mol. The number of nitrogens with one attached hydrogen (secondary N) is 1. The highest BCUT2D eigenvalue weighted by Gasteiger charge is 2.35. The largest absolute Gasteiger partial charge is 0.457 e. The maximum Gasteiger partial charge on any atom is 0.264 e. The van der Waals surface area contributed by atoms with Gasteiger partial charge in [0, 0.05) is 35.1 Å². The van der Waals surface area contributed by atoms with Gasteiger partial charge >= 0.3 is 0 Å². The molecule has 1 N–H and O–H groups in total. The van der Waals surface area contributed by atoms with E-state index in [0.717, 1.165) is 15.4 Å². The first kappa shape index (κ1) is 38.4. The summed E-state index contributed by atoms with van der Waals surface area (Å²) in [5, 5.41) is 3.60. The van der Waals surface area contributed by atoms with Gasteiger partial charge in [-0.3, -0.25) is 13.9 Å². The van der Waals surface area contributed by atoms with Crippen molar-refractivity contribution in [2.24, 2.45) is 5.92 Å². The molecule has 0 saturated carbocycles. The summed E-state index contributed by atoms with van der Waals surface area (Å²) in [6.07, 6.45) is 0.162. The summed E-state index contributed by atoms with van der Waals surface area (Å²) < 4.78 is 35.8. The predicted molar refractivity (Wildman–Crippen MR) is 207 cm³/mol. The molecular formula is C41H41Cl2N3O5S. The van der Waals surface area contributed by atoms with Crippen LogP contribution in [0, 0.1) is 12.8 Å². The van der Waals surface area contributed by atoms with Gasteiger partial charge in [-0.25, -0.2) is 8.42 Å². The number of amides is 2. The Kier molecular flexibility index (Phi) is 13.0. The van der Waals surface area contributed by atoms with Crippen LogP contribution in [0.25, 0.3) is 0 Å². The van der Waals surface area contributed by atoms with Gasteiger partial charge in [-0.05, 0) is 79.1 Å². The molecule has 270 valence electrons. The molecule has 5 aromatic carbocycles. The van der Waals surface area contributed by atoms with E-state index in [9.17, 15) is 18.0 Å². The number of nitrogens with zero attached hydrogens (tertiary/aromatic N) is 2. The molecule has 5 aromatic rings.